The molecule has 3 heterocycles. The number of hydrogen-bond acceptors (Lipinski definition) is 7. The van der Waals surface area contributed by atoms with Crippen LogP contribution in [-0.2, 0) is 23.0 Å². The number of carbonyl (C=O) groups is 1. The maximum Gasteiger partial charge on any atom is 0.264 e. The molecule has 12 heteroatoms. The summed E-state index contributed by atoms with van der Waals surface area (Å²) in [7, 11) is -2.38. The van der Waals surface area contributed by atoms with Crippen molar-refractivity contribution in [2.75, 3.05) is 7.05 Å². The van der Waals surface area contributed by atoms with Crippen LogP contribution in [0, 0.1) is 11.2 Å². The molecule has 2 fully saturated rings. The fraction of sp³-hybridized carbons (Fsp3) is 0.387. The molecule has 0 unspecified atom stereocenters. The highest BCUT2D eigenvalue weighted by Gasteiger charge is 2.51. The standard InChI is InChI=1S/C31H32FN7O3S/c1-3-38-34-19-29(36-38)43(41,42)37(2)26-10-7-23-14-28-22(18-35-39(28)25-11-8-24(32)9-12-25)15-31(23,16-26)30(40)27-13-6-21(17-33-27)20-4-5-20/h6,8-9,11-14,17-20,26H,3-5,7,10,15-16H2,1-2H3/t26-,31-/m0/s1. The van der Waals surface area contributed by atoms with Gasteiger partial charge in [-0.2, -0.15) is 19.3 Å². The third-order valence-corrected chi connectivity index (χ3v) is 10.9. The van der Waals surface area contributed by atoms with Gasteiger partial charge in [-0.1, -0.05) is 11.6 Å². The lowest BCUT2D eigenvalue weighted by Gasteiger charge is -2.45. The number of rotatable bonds is 8. The number of aryl methyl sites for hydroxylation is 1. The molecule has 0 spiro atoms. The molecule has 10 nitrogen and oxygen atoms in total. The van der Waals surface area contributed by atoms with E-state index in [9.17, 15) is 17.6 Å². The van der Waals surface area contributed by atoms with E-state index in [0.29, 0.717) is 43.8 Å². The predicted octanol–water partition coefficient (Wildman–Crippen LogP) is 4.58. The van der Waals surface area contributed by atoms with Gasteiger partial charge >= 0.3 is 0 Å². The number of ketones is 1. The van der Waals surface area contributed by atoms with E-state index in [-0.39, 0.29) is 16.6 Å². The molecule has 0 aliphatic heterocycles. The monoisotopic (exact) mass is 601 g/mol. The van der Waals surface area contributed by atoms with E-state index in [1.54, 1.807) is 36.3 Å². The first-order chi connectivity index (χ1) is 20.7. The first-order valence-corrected chi connectivity index (χ1v) is 16.1. The molecule has 2 saturated carbocycles. The van der Waals surface area contributed by atoms with Crippen molar-refractivity contribution in [3.05, 3.63) is 88.9 Å². The van der Waals surface area contributed by atoms with E-state index in [0.717, 1.165) is 40.9 Å². The van der Waals surface area contributed by atoms with E-state index in [2.05, 4.69) is 20.3 Å². The van der Waals surface area contributed by atoms with Crippen LogP contribution in [0.15, 0.2) is 65.6 Å². The van der Waals surface area contributed by atoms with Crippen molar-refractivity contribution in [3.63, 3.8) is 0 Å². The first kappa shape index (κ1) is 27.8. The van der Waals surface area contributed by atoms with Gasteiger partial charge in [0, 0.05) is 19.3 Å². The molecule has 3 aliphatic carbocycles. The van der Waals surface area contributed by atoms with Crippen molar-refractivity contribution < 1.29 is 17.6 Å². The quantitative estimate of drug-likeness (QED) is 0.272. The minimum absolute atomic E-state index is 0.109. The van der Waals surface area contributed by atoms with Crippen molar-refractivity contribution in [1.82, 2.24) is 34.1 Å². The number of pyridine rings is 1. The predicted molar refractivity (Wildman–Crippen MR) is 156 cm³/mol. The highest BCUT2D eigenvalue weighted by Crippen LogP contribution is 2.51. The Kier molecular flexibility index (Phi) is 6.66. The van der Waals surface area contributed by atoms with Crippen molar-refractivity contribution in [3.8, 4) is 5.69 Å². The van der Waals surface area contributed by atoms with Crippen LogP contribution in [0.2, 0.25) is 0 Å². The second kappa shape index (κ2) is 10.3. The Labute approximate surface area is 249 Å². The summed E-state index contributed by atoms with van der Waals surface area (Å²) in [6.07, 6.45) is 10.8. The summed E-state index contributed by atoms with van der Waals surface area (Å²) in [6.45, 7) is 2.29. The third-order valence-electron chi connectivity index (χ3n) is 9.16. The number of aromatic nitrogens is 6. The van der Waals surface area contributed by atoms with Gasteiger partial charge in [0.05, 0.1) is 35.7 Å². The minimum Gasteiger partial charge on any atom is -0.291 e. The van der Waals surface area contributed by atoms with Gasteiger partial charge in [0.25, 0.3) is 10.0 Å². The van der Waals surface area contributed by atoms with E-state index in [1.165, 1.54) is 27.4 Å². The molecule has 43 heavy (non-hydrogen) atoms. The van der Waals surface area contributed by atoms with Crippen LogP contribution >= 0.6 is 0 Å². The minimum atomic E-state index is -3.94. The van der Waals surface area contributed by atoms with E-state index in [1.807, 2.05) is 25.1 Å². The first-order valence-electron chi connectivity index (χ1n) is 14.6. The maximum absolute atomic E-state index is 14.5. The molecule has 2 atom stereocenters. The molecule has 3 aromatic heterocycles. The zero-order valence-electron chi connectivity index (χ0n) is 24.0. The van der Waals surface area contributed by atoms with Gasteiger partial charge in [-0.25, -0.2) is 17.5 Å². The fourth-order valence-electron chi connectivity index (χ4n) is 6.52. The molecule has 7 rings (SSSR count). The molecule has 0 saturated heterocycles. The number of fused-ring (bicyclic) bond motifs is 2. The van der Waals surface area contributed by atoms with Crippen molar-refractivity contribution in [1.29, 1.82) is 0 Å². The Morgan fingerprint density at radius 1 is 1.07 bits per heavy atom. The second-order valence-electron chi connectivity index (χ2n) is 11.7. The summed E-state index contributed by atoms with van der Waals surface area (Å²) >= 11 is 0. The molecule has 222 valence electrons. The summed E-state index contributed by atoms with van der Waals surface area (Å²) in [5, 5.41) is 12.7. The number of Topliss-reactive ketones (excluding diaryl/α,β-unsaturated/α-hetero) is 1. The Morgan fingerprint density at radius 3 is 2.53 bits per heavy atom. The highest BCUT2D eigenvalue weighted by molar-refractivity contribution is 7.89. The lowest BCUT2D eigenvalue weighted by molar-refractivity contribution is 0.0747. The number of hydrogen-bond donors (Lipinski definition) is 0. The lowest BCUT2D eigenvalue weighted by atomic mass is 9.60. The van der Waals surface area contributed by atoms with Crippen LogP contribution in [0.25, 0.3) is 11.8 Å². The highest BCUT2D eigenvalue weighted by atomic mass is 32.2. The van der Waals surface area contributed by atoms with Gasteiger partial charge in [-0.15, -0.1) is 5.10 Å². The Morgan fingerprint density at radius 2 is 1.86 bits per heavy atom. The van der Waals surface area contributed by atoms with Crippen molar-refractivity contribution in [2.24, 2.45) is 5.41 Å². The largest absolute Gasteiger partial charge is 0.291 e. The zero-order chi connectivity index (χ0) is 29.9. The number of halogens is 1. The lowest BCUT2D eigenvalue weighted by Crippen LogP contribution is -2.49. The Bertz CT molecular complexity index is 1840. The molecular formula is C31H32FN7O3S. The summed E-state index contributed by atoms with van der Waals surface area (Å²) in [5.74, 6) is 0.0692. The molecule has 0 bridgehead atoms. The van der Waals surface area contributed by atoms with Gasteiger partial charge in [-0.3, -0.25) is 9.78 Å². The van der Waals surface area contributed by atoms with E-state index in [4.69, 9.17) is 0 Å². The summed E-state index contributed by atoms with van der Waals surface area (Å²) in [4.78, 5) is 20.5. The summed E-state index contributed by atoms with van der Waals surface area (Å²) in [6, 6.07) is 9.49. The molecule has 0 N–H and O–H groups in total. The molecule has 3 aliphatic rings. The molecule has 0 radical (unpaired) electrons. The SMILES string of the molecule is CCn1ncc(S(=O)(=O)N(C)[C@H]2CCC3=Cc4c(cnn4-c4ccc(F)cc4)C[C@]3(C(=O)c3ccc(C4CC4)cn3)C2)n1. The number of allylic oxidation sites excluding steroid dienone is 1. The number of benzene rings is 1. The maximum atomic E-state index is 14.5. The summed E-state index contributed by atoms with van der Waals surface area (Å²) in [5.41, 5.74) is 3.89. The topological polar surface area (TPSA) is 116 Å². The van der Waals surface area contributed by atoms with Gasteiger partial charge in [0.1, 0.15) is 11.5 Å². The Hall–Kier alpha value is -4.03. The van der Waals surface area contributed by atoms with Gasteiger partial charge in [0.15, 0.2) is 5.78 Å². The van der Waals surface area contributed by atoms with E-state index >= 15 is 0 Å². The second-order valence-corrected chi connectivity index (χ2v) is 13.7. The number of carbonyl (C=O) groups excluding carboxylic acids is 1. The molecule has 4 aromatic rings. The average molecular weight is 602 g/mol. The van der Waals surface area contributed by atoms with Crippen LogP contribution < -0.4 is 0 Å². The smallest absolute Gasteiger partial charge is 0.264 e. The van der Waals surface area contributed by atoms with Crippen LogP contribution in [0.1, 0.15) is 72.3 Å². The van der Waals surface area contributed by atoms with Gasteiger partial charge < -0.3 is 0 Å². The average Bonchev–Trinajstić information content (AvgIpc) is 3.62. The molecule has 1 aromatic carbocycles. The van der Waals surface area contributed by atoms with E-state index < -0.39 is 21.5 Å². The normalized spacial score (nSPS) is 21.8. The molecule has 0 amide bonds. The van der Waals surface area contributed by atoms with Crippen LogP contribution in [-0.4, -0.2) is 61.4 Å². The van der Waals surface area contributed by atoms with Crippen molar-refractivity contribution >= 4 is 21.9 Å². The van der Waals surface area contributed by atoms with Crippen LogP contribution in [0.5, 0.6) is 0 Å². The van der Waals surface area contributed by atoms with Gasteiger partial charge in [0.2, 0.25) is 5.03 Å². The van der Waals surface area contributed by atoms with Crippen molar-refractivity contribution in [2.45, 2.75) is 69.0 Å². The fourth-order valence-corrected chi connectivity index (χ4v) is 7.77. The third kappa shape index (κ3) is 4.72. The molecular weight excluding hydrogens is 569 g/mol. The van der Waals surface area contributed by atoms with Crippen LogP contribution in [0.4, 0.5) is 4.39 Å². The zero-order valence-corrected chi connectivity index (χ0v) is 24.8. The Balaban J connectivity index is 1.27. The number of sulfonamides is 1. The van der Waals surface area contributed by atoms with Crippen LogP contribution in [0.3, 0.4) is 0 Å². The van der Waals surface area contributed by atoms with Gasteiger partial charge in [-0.05, 0) is 98.9 Å². The summed E-state index contributed by atoms with van der Waals surface area (Å²) < 4.78 is 44.0. The number of nitrogens with zero attached hydrogens (tertiary/aromatic N) is 7.